The first-order valence-corrected chi connectivity index (χ1v) is 7.92. The van der Waals surface area contributed by atoms with Gasteiger partial charge in [-0.05, 0) is 20.3 Å². The lowest BCUT2D eigenvalue weighted by Crippen LogP contribution is -2.13. The van der Waals surface area contributed by atoms with Gasteiger partial charge < -0.3 is 13.6 Å². The van der Waals surface area contributed by atoms with E-state index in [2.05, 4.69) is 0 Å². The van der Waals surface area contributed by atoms with Crippen LogP contribution in [0.2, 0.25) is 0 Å². The van der Waals surface area contributed by atoms with Gasteiger partial charge in [0.15, 0.2) is 9.84 Å². The Morgan fingerprint density at radius 3 is 2.27 bits per heavy atom. The van der Waals surface area contributed by atoms with Gasteiger partial charge in [0.05, 0.1) is 30.8 Å². The van der Waals surface area contributed by atoms with E-state index in [0.29, 0.717) is 19.6 Å². The molecular formula is C8H17O5PS. The predicted octanol–water partition coefficient (Wildman–Crippen LogP) is 1.49. The van der Waals surface area contributed by atoms with Crippen LogP contribution in [0.25, 0.3) is 0 Å². The summed E-state index contributed by atoms with van der Waals surface area (Å²) in [7, 11) is -4.27. The van der Waals surface area contributed by atoms with E-state index in [4.69, 9.17) is 13.6 Å². The first kappa shape index (κ1) is 13.3. The highest BCUT2D eigenvalue weighted by Gasteiger charge is 2.31. The van der Waals surface area contributed by atoms with Crippen LogP contribution < -0.4 is 0 Å². The van der Waals surface area contributed by atoms with Crippen molar-refractivity contribution in [3.63, 3.8) is 0 Å². The van der Waals surface area contributed by atoms with Crippen LogP contribution in [0.5, 0.6) is 0 Å². The molecule has 1 rings (SSSR count). The van der Waals surface area contributed by atoms with E-state index in [-0.39, 0.29) is 17.6 Å². The molecule has 0 bridgehead atoms. The van der Waals surface area contributed by atoms with Crippen LogP contribution in [0.1, 0.15) is 20.3 Å². The lowest BCUT2D eigenvalue weighted by molar-refractivity contribution is 0.136. The highest BCUT2D eigenvalue weighted by molar-refractivity contribution is 7.91. The summed E-state index contributed by atoms with van der Waals surface area (Å²) >= 11 is 0. The van der Waals surface area contributed by atoms with E-state index >= 15 is 0 Å². The second-order valence-corrected chi connectivity index (χ2v) is 6.59. The van der Waals surface area contributed by atoms with Crippen LogP contribution in [0.4, 0.5) is 0 Å². The number of rotatable bonds is 6. The fraction of sp³-hybridized carbons (Fsp3) is 1.00. The molecule has 0 spiro atoms. The Labute approximate surface area is 92.0 Å². The van der Waals surface area contributed by atoms with E-state index in [1.54, 1.807) is 0 Å². The molecule has 1 saturated heterocycles. The van der Waals surface area contributed by atoms with Gasteiger partial charge in [0, 0.05) is 0 Å². The van der Waals surface area contributed by atoms with Crippen molar-refractivity contribution >= 4 is 18.4 Å². The maximum atomic E-state index is 11.2. The average Bonchev–Trinajstić information content (AvgIpc) is 2.46. The van der Waals surface area contributed by atoms with Gasteiger partial charge in [0.2, 0.25) is 0 Å². The average molecular weight is 256 g/mol. The third kappa shape index (κ3) is 4.74. The normalized spacial score (nSPS) is 24.9. The maximum absolute atomic E-state index is 11.2. The molecular weight excluding hydrogens is 239 g/mol. The molecule has 1 aliphatic rings. The van der Waals surface area contributed by atoms with Crippen molar-refractivity contribution in [1.82, 2.24) is 0 Å². The second kappa shape index (κ2) is 6.11. The summed E-state index contributed by atoms with van der Waals surface area (Å²) in [5.41, 5.74) is 0. The van der Waals surface area contributed by atoms with Gasteiger partial charge in [-0.1, -0.05) is 0 Å². The molecule has 15 heavy (non-hydrogen) atoms. The van der Waals surface area contributed by atoms with Crippen LogP contribution in [0, 0.1) is 0 Å². The Hall–Kier alpha value is 0.260. The molecule has 5 nitrogen and oxygen atoms in total. The van der Waals surface area contributed by atoms with Gasteiger partial charge in [0.1, 0.15) is 0 Å². The molecule has 7 heteroatoms. The summed E-state index contributed by atoms with van der Waals surface area (Å²) in [5, 5.41) is 0. The van der Waals surface area contributed by atoms with Gasteiger partial charge in [-0.2, -0.15) is 0 Å². The number of hydrogen-bond acceptors (Lipinski definition) is 5. The minimum absolute atomic E-state index is 0.0893. The van der Waals surface area contributed by atoms with Crippen molar-refractivity contribution in [2.45, 2.75) is 26.4 Å². The third-order valence-electron chi connectivity index (χ3n) is 1.89. The van der Waals surface area contributed by atoms with Gasteiger partial charge in [-0.15, -0.1) is 0 Å². The Bertz CT molecular complexity index is 273. The zero-order chi connectivity index (χ0) is 11.3. The van der Waals surface area contributed by atoms with E-state index in [9.17, 15) is 8.42 Å². The first-order chi connectivity index (χ1) is 7.07. The number of sulfone groups is 1. The van der Waals surface area contributed by atoms with Gasteiger partial charge >= 0.3 is 8.60 Å². The fourth-order valence-corrected chi connectivity index (χ4v) is 4.01. The third-order valence-corrected chi connectivity index (χ3v) is 5.04. The summed E-state index contributed by atoms with van der Waals surface area (Å²) in [6.07, 6.45) is 0.278. The van der Waals surface area contributed by atoms with Gasteiger partial charge in [0.25, 0.3) is 0 Å². The SMILES string of the molecule is CCOP(OCC)OC1CCS(=O)(=O)C1. The smallest absolute Gasteiger partial charge is 0.313 e. The van der Waals surface area contributed by atoms with Gasteiger partial charge in [-0.25, -0.2) is 8.42 Å². The Kier molecular flexibility index (Phi) is 5.43. The predicted molar refractivity (Wildman–Crippen MR) is 58.3 cm³/mol. The van der Waals surface area contributed by atoms with E-state index in [1.165, 1.54) is 0 Å². The standard InChI is InChI=1S/C8H17O5PS/c1-3-11-14(12-4-2)13-8-5-6-15(9,10)7-8/h8H,3-7H2,1-2H3. The Morgan fingerprint density at radius 1 is 1.27 bits per heavy atom. The molecule has 0 saturated carbocycles. The molecule has 90 valence electrons. The van der Waals surface area contributed by atoms with Crippen LogP contribution in [0.3, 0.4) is 0 Å². The zero-order valence-corrected chi connectivity index (χ0v) is 10.7. The highest BCUT2D eigenvalue weighted by Crippen LogP contribution is 2.42. The summed E-state index contributed by atoms with van der Waals surface area (Å²) in [6, 6.07) is 0. The second-order valence-electron chi connectivity index (χ2n) is 3.19. The summed E-state index contributed by atoms with van der Waals surface area (Å²) in [6.45, 7) is 4.71. The molecule has 0 radical (unpaired) electrons. The van der Waals surface area contributed by atoms with E-state index in [0.717, 1.165) is 0 Å². The van der Waals surface area contributed by atoms with Crippen molar-refractivity contribution in [3.8, 4) is 0 Å². The Morgan fingerprint density at radius 2 is 1.87 bits per heavy atom. The molecule has 0 aromatic carbocycles. The quantitative estimate of drug-likeness (QED) is 0.674. The molecule has 0 aliphatic carbocycles. The minimum Gasteiger partial charge on any atom is -0.313 e. The van der Waals surface area contributed by atoms with Crippen LogP contribution >= 0.6 is 8.60 Å². The Balaban J connectivity index is 2.38. The van der Waals surface area contributed by atoms with Crippen molar-refractivity contribution in [2.24, 2.45) is 0 Å². The molecule has 1 aliphatic heterocycles. The molecule has 0 aromatic heterocycles. The minimum atomic E-state index is -2.90. The molecule has 1 atom stereocenters. The molecule has 1 unspecified atom stereocenters. The largest absolute Gasteiger partial charge is 0.332 e. The van der Waals surface area contributed by atoms with Crippen LogP contribution in [0.15, 0.2) is 0 Å². The summed E-state index contributed by atoms with van der Waals surface area (Å²) in [4.78, 5) is 0. The lowest BCUT2D eigenvalue weighted by atomic mass is 10.3. The van der Waals surface area contributed by atoms with E-state index < -0.39 is 18.4 Å². The van der Waals surface area contributed by atoms with Crippen molar-refractivity contribution in [2.75, 3.05) is 24.7 Å². The zero-order valence-electron chi connectivity index (χ0n) is 9.01. The summed E-state index contributed by atoms with van der Waals surface area (Å²) in [5.74, 6) is 0.297. The molecule has 1 fully saturated rings. The van der Waals surface area contributed by atoms with Crippen LogP contribution in [-0.4, -0.2) is 39.2 Å². The van der Waals surface area contributed by atoms with Crippen molar-refractivity contribution < 1.29 is 22.0 Å². The monoisotopic (exact) mass is 256 g/mol. The molecule has 1 heterocycles. The topological polar surface area (TPSA) is 61.8 Å². The first-order valence-electron chi connectivity index (χ1n) is 5.00. The van der Waals surface area contributed by atoms with Crippen LogP contribution in [-0.2, 0) is 23.4 Å². The fourth-order valence-electron chi connectivity index (χ4n) is 1.27. The van der Waals surface area contributed by atoms with Gasteiger partial charge in [-0.3, -0.25) is 0 Å². The molecule has 0 N–H and O–H groups in total. The lowest BCUT2D eigenvalue weighted by Gasteiger charge is -2.18. The number of hydrogen-bond donors (Lipinski definition) is 0. The molecule has 0 aromatic rings. The van der Waals surface area contributed by atoms with Crippen molar-refractivity contribution in [1.29, 1.82) is 0 Å². The summed E-state index contributed by atoms with van der Waals surface area (Å²) < 4.78 is 38.3. The van der Waals surface area contributed by atoms with E-state index in [1.807, 2.05) is 13.8 Å². The molecule has 0 amide bonds. The maximum Gasteiger partial charge on any atom is 0.332 e. The highest BCUT2D eigenvalue weighted by atomic mass is 32.2. The van der Waals surface area contributed by atoms with Crippen molar-refractivity contribution in [3.05, 3.63) is 0 Å².